The first-order valence-corrected chi connectivity index (χ1v) is 9.36. The zero-order chi connectivity index (χ0) is 17.1. The van der Waals surface area contributed by atoms with Crippen LogP contribution in [-0.2, 0) is 9.53 Å². The maximum absolute atomic E-state index is 11.9. The fraction of sp³-hybridized carbons (Fsp3) is 0.650. The molecule has 3 fully saturated rings. The van der Waals surface area contributed by atoms with Crippen LogP contribution in [0.4, 0.5) is 0 Å². The monoisotopic (exact) mass is 347 g/mol. The van der Waals surface area contributed by atoms with Gasteiger partial charge >= 0.3 is 0 Å². The van der Waals surface area contributed by atoms with Crippen molar-refractivity contribution in [2.75, 3.05) is 6.61 Å². The van der Waals surface area contributed by atoms with E-state index in [4.69, 9.17) is 16.3 Å². The molecule has 1 aliphatic heterocycles. The molecule has 2 saturated carbocycles. The molecule has 130 valence electrons. The first-order chi connectivity index (χ1) is 11.3. The van der Waals surface area contributed by atoms with Gasteiger partial charge in [0, 0.05) is 24.6 Å². The Labute approximate surface area is 149 Å². The second kappa shape index (κ2) is 5.47. The van der Waals surface area contributed by atoms with Crippen molar-refractivity contribution in [1.82, 2.24) is 5.32 Å². The number of hydrogen-bond acceptors (Lipinski definition) is 2. The average molecular weight is 348 g/mol. The lowest BCUT2D eigenvalue weighted by Crippen LogP contribution is -2.58. The summed E-state index contributed by atoms with van der Waals surface area (Å²) in [6, 6.07) is 8.31. The Balaban J connectivity index is 1.72. The van der Waals surface area contributed by atoms with Gasteiger partial charge in [-0.15, -0.1) is 0 Å². The van der Waals surface area contributed by atoms with Crippen molar-refractivity contribution in [2.45, 2.75) is 52.2 Å². The number of fused-ring (bicyclic) bond motifs is 1. The van der Waals surface area contributed by atoms with E-state index in [-0.39, 0.29) is 28.9 Å². The molecule has 0 unspecified atom stereocenters. The van der Waals surface area contributed by atoms with Gasteiger partial charge in [-0.05, 0) is 59.6 Å². The number of carbonyl (C=O) groups is 1. The van der Waals surface area contributed by atoms with Crippen LogP contribution in [0.2, 0.25) is 5.02 Å². The van der Waals surface area contributed by atoms with Crippen molar-refractivity contribution in [3.63, 3.8) is 0 Å². The minimum absolute atomic E-state index is 0.0829. The highest BCUT2D eigenvalue weighted by molar-refractivity contribution is 6.30. The van der Waals surface area contributed by atoms with E-state index in [2.05, 4.69) is 25.2 Å². The van der Waals surface area contributed by atoms with Gasteiger partial charge in [-0.3, -0.25) is 4.79 Å². The fourth-order valence-electron chi connectivity index (χ4n) is 6.00. The van der Waals surface area contributed by atoms with Gasteiger partial charge in [0.2, 0.25) is 5.91 Å². The molecule has 24 heavy (non-hydrogen) atoms. The van der Waals surface area contributed by atoms with Gasteiger partial charge in [0.05, 0.1) is 6.10 Å². The molecule has 0 aromatic heterocycles. The summed E-state index contributed by atoms with van der Waals surface area (Å²) in [4.78, 5) is 11.9. The van der Waals surface area contributed by atoms with Gasteiger partial charge in [0.1, 0.15) is 0 Å². The van der Waals surface area contributed by atoms with Crippen LogP contribution >= 0.6 is 11.6 Å². The zero-order valence-corrected chi connectivity index (χ0v) is 15.4. The number of amides is 1. The summed E-state index contributed by atoms with van der Waals surface area (Å²) in [6.07, 6.45) is 3.52. The Morgan fingerprint density at radius 2 is 2.17 bits per heavy atom. The molecule has 1 spiro atoms. The molecule has 1 saturated heterocycles. The predicted octanol–water partition coefficient (Wildman–Crippen LogP) is 4.36. The fourth-order valence-corrected chi connectivity index (χ4v) is 6.20. The van der Waals surface area contributed by atoms with Crippen LogP contribution in [0.3, 0.4) is 0 Å². The van der Waals surface area contributed by atoms with Crippen LogP contribution in [0.5, 0.6) is 0 Å². The van der Waals surface area contributed by atoms with Crippen LogP contribution in [0.25, 0.3) is 0 Å². The van der Waals surface area contributed by atoms with Gasteiger partial charge in [-0.25, -0.2) is 0 Å². The molecule has 4 rings (SSSR count). The summed E-state index contributed by atoms with van der Waals surface area (Å²) in [7, 11) is 0. The molecule has 5 atom stereocenters. The smallest absolute Gasteiger partial charge is 0.217 e. The van der Waals surface area contributed by atoms with Gasteiger partial charge in [0.15, 0.2) is 0 Å². The average Bonchev–Trinajstić information content (AvgIpc) is 3.00. The van der Waals surface area contributed by atoms with Crippen LogP contribution < -0.4 is 5.32 Å². The molecule has 1 amide bonds. The van der Waals surface area contributed by atoms with E-state index in [9.17, 15) is 4.79 Å². The van der Waals surface area contributed by atoms with E-state index in [1.807, 2.05) is 18.2 Å². The highest BCUT2D eigenvalue weighted by Gasteiger charge is 2.68. The number of benzene rings is 1. The zero-order valence-electron chi connectivity index (χ0n) is 14.6. The Bertz CT molecular complexity index is 673. The van der Waals surface area contributed by atoms with Crippen LogP contribution in [0, 0.1) is 22.7 Å². The Kier molecular flexibility index (Phi) is 3.74. The summed E-state index contributed by atoms with van der Waals surface area (Å²) in [6.45, 7) is 7.05. The maximum atomic E-state index is 11.9. The van der Waals surface area contributed by atoms with Crippen LogP contribution in [0.1, 0.15) is 51.7 Å². The molecule has 3 aliphatic rings. The lowest BCUT2D eigenvalue weighted by Gasteiger charge is -2.53. The molecular formula is C20H26ClNO2. The van der Waals surface area contributed by atoms with Gasteiger partial charge < -0.3 is 10.1 Å². The second-order valence-corrected chi connectivity index (χ2v) is 8.96. The minimum atomic E-state index is 0.0829. The molecule has 2 bridgehead atoms. The number of rotatable bonds is 2. The van der Waals surface area contributed by atoms with Crippen molar-refractivity contribution < 1.29 is 9.53 Å². The molecule has 1 N–H and O–H groups in total. The van der Waals surface area contributed by atoms with E-state index >= 15 is 0 Å². The molecule has 0 radical (unpaired) electrons. The number of ether oxygens (including phenoxy) is 1. The maximum Gasteiger partial charge on any atom is 0.217 e. The van der Waals surface area contributed by atoms with Crippen molar-refractivity contribution in [3.8, 4) is 0 Å². The first-order valence-electron chi connectivity index (χ1n) is 8.99. The lowest BCUT2D eigenvalue weighted by atomic mass is 9.59. The Hall–Kier alpha value is -1.06. The first kappa shape index (κ1) is 16.4. The summed E-state index contributed by atoms with van der Waals surface area (Å²) in [5, 5.41) is 4.08. The standard InChI is InChI=1S/C20H26ClNO2/c1-12(23)22-18-19(2,3)14-10-16-17(13-5-4-6-15(21)9-13)24-8-7-20(16,18)11-14/h4-6,9,14,16-18H,7-8,10-11H2,1-3H3,(H,22,23)/t14-,16-,17-,18+,20-/m1/s1. The topological polar surface area (TPSA) is 38.3 Å². The summed E-state index contributed by atoms with van der Waals surface area (Å²) in [5.74, 6) is 1.18. The van der Waals surface area contributed by atoms with Gasteiger partial charge in [-0.1, -0.05) is 37.6 Å². The van der Waals surface area contributed by atoms with E-state index in [1.165, 1.54) is 18.4 Å². The Morgan fingerprint density at radius 1 is 1.38 bits per heavy atom. The van der Waals surface area contributed by atoms with E-state index in [0.29, 0.717) is 11.8 Å². The second-order valence-electron chi connectivity index (χ2n) is 8.53. The highest BCUT2D eigenvalue weighted by Crippen LogP contribution is 2.70. The van der Waals surface area contributed by atoms with Gasteiger partial charge in [-0.2, -0.15) is 0 Å². The normalized spacial score (nSPS) is 39.5. The number of nitrogens with one attached hydrogen (secondary N) is 1. The molecule has 1 aromatic carbocycles. The van der Waals surface area contributed by atoms with Crippen LogP contribution in [0.15, 0.2) is 24.3 Å². The Morgan fingerprint density at radius 3 is 2.88 bits per heavy atom. The number of hydrogen-bond donors (Lipinski definition) is 1. The van der Waals surface area contributed by atoms with Crippen molar-refractivity contribution >= 4 is 17.5 Å². The van der Waals surface area contributed by atoms with Crippen molar-refractivity contribution in [2.24, 2.45) is 22.7 Å². The quantitative estimate of drug-likeness (QED) is 0.863. The summed E-state index contributed by atoms with van der Waals surface area (Å²) in [5.41, 5.74) is 1.49. The summed E-state index contributed by atoms with van der Waals surface area (Å²) < 4.78 is 6.23. The molecule has 3 nitrogen and oxygen atoms in total. The largest absolute Gasteiger partial charge is 0.373 e. The molecule has 4 heteroatoms. The van der Waals surface area contributed by atoms with E-state index < -0.39 is 0 Å². The molecule has 1 aromatic rings. The third-order valence-corrected chi connectivity index (χ3v) is 7.26. The van der Waals surface area contributed by atoms with E-state index in [0.717, 1.165) is 18.1 Å². The molecule has 2 aliphatic carbocycles. The SMILES string of the molecule is CC(=O)N[C@H]1C(C)(C)[C@@H]2C[C@@H]3[C@@H](c4cccc(Cl)c4)OCC[C@@]31C2. The van der Waals surface area contributed by atoms with Crippen molar-refractivity contribution in [1.29, 1.82) is 0 Å². The summed E-state index contributed by atoms with van der Waals surface area (Å²) >= 11 is 6.21. The predicted molar refractivity (Wildman–Crippen MR) is 94.8 cm³/mol. The minimum Gasteiger partial charge on any atom is -0.373 e. The third kappa shape index (κ3) is 2.24. The third-order valence-electron chi connectivity index (χ3n) is 7.03. The molecular weight excluding hydrogens is 322 g/mol. The van der Waals surface area contributed by atoms with Gasteiger partial charge in [0.25, 0.3) is 0 Å². The number of halogens is 1. The van der Waals surface area contributed by atoms with E-state index in [1.54, 1.807) is 6.92 Å². The number of carbonyl (C=O) groups excluding carboxylic acids is 1. The lowest BCUT2D eigenvalue weighted by molar-refractivity contribution is -0.135. The molecule has 1 heterocycles. The highest BCUT2D eigenvalue weighted by atomic mass is 35.5. The van der Waals surface area contributed by atoms with Crippen molar-refractivity contribution in [3.05, 3.63) is 34.9 Å². The van der Waals surface area contributed by atoms with Crippen LogP contribution in [-0.4, -0.2) is 18.6 Å².